The summed E-state index contributed by atoms with van der Waals surface area (Å²) in [5.41, 5.74) is 5.92. The largest absolute Gasteiger partial charge is 0.272 e. The zero-order chi connectivity index (χ0) is 15.1. The number of aryl methyl sites for hydroxylation is 2. The van der Waals surface area contributed by atoms with Gasteiger partial charge in [0.25, 0.3) is 5.91 Å². The molecule has 3 nitrogen and oxygen atoms in total. The summed E-state index contributed by atoms with van der Waals surface area (Å²) in [6.45, 7) is 4.49. The lowest BCUT2D eigenvalue weighted by Crippen LogP contribution is -2.25. The zero-order valence-electron chi connectivity index (χ0n) is 12.3. The fraction of sp³-hybridized carbons (Fsp3) is 0.235. The van der Waals surface area contributed by atoms with Crippen molar-refractivity contribution in [2.24, 2.45) is 0 Å². The van der Waals surface area contributed by atoms with Crippen molar-refractivity contribution in [2.45, 2.75) is 25.3 Å². The maximum Gasteiger partial charge on any atom is 0.253 e. The molecular formula is C17H19NO2S. The van der Waals surface area contributed by atoms with Crippen LogP contribution in [0.1, 0.15) is 16.7 Å². The Bertz CT molecular complexity index is 599. The van der Waals surface area contributed by atoms with Crippen LogP contribution >= 0.6 is 11.8 Å². The van der Waals surface area contributed by atoms with E-state index >= 15 is 0 Å². The molecule has 0 aromatic heterocycles. The van der Waals surface area contributed by atoms with E-state index in [9.17, 15) is 4.79 Å². The zero-order valence-corrected chi connectivity index (χ0v) is 13.1. The van der Waals surface area contributed by atoms with Crippen molar-refractivity contribution >= 4 is 17.7 Å². The predicted octanol–water partition coefficient (Wildman–Crippen LogP) is 3.64. The van der Waals surface area contributed by atoms with Gasteiger partial charge in [-0.15, -0.1) is 11.8 Å². The Labute approximate surface area is 129 Å². The van der Waals surface area contributed by atoms with E-state index in [4.69, 9.17) is 4.84 Å². The van der Waals surface area contributed by atoms with Gasteiger partial charge in [-0.25, -0.2) is 5.48 Å². The van der Waals surface area contributed by atoms with E-state index in [1.54, 1.807) is 0 Å². The van der Waals surface area contributed by atoms with E-state index in [1.165, 1.54) is 22.9 Å². The molecule has 0 saturated carbocycles. The number of carbonyl (C=O) groups excluding carboxylic acids is 1. The normalized spacial score (nSPS) is 10.4. The Morgan fingerprint density at radius 3 is 2.62 bits per heavy atom. The molecule has 0 aliphatic heterocycles. The molecule has 0 heterocycles. The molecule has 1 amide bonds. The van der Waals surface area contributed by atoms with Crippen molar-refractivity contribution in [3.8, 4) is 0 Å². The van der Waals surface area contributed by atoms with Gasteiger partial charge in [0.1, 0.15) is 0 Å². The van der Waals surface area contributed by atoms with Crippen LogP contribution in [0, 0.1) is 13.8 Å². The van der Waals surface area contributed by atoms with Crippen LogP contribution in [0.3, 0.4) is 0 Å². The third-order valence-corrected chi connectivity index (χ3v) is 4.13. The van der Waals surface area contributed by atoms with Crippen molar-refractivity contribution in [2.75, 3.05) is 5.75 Å². The number of hydroxylamine groups is 1. The monoisotopic (exact) mass is 301 g/mol. The lowest BCUT2D eigenvalue weighted by atomic mass is 10.2. The van der Waals surface area contributed by atoms with Gasteiger partial charge in [0.2, 0.25) is 0 Å². The van der Waals surface area contributed by atoms with Crippen LogP contribution in [0.4, 0.5) is 0 Å². The first kappa shape index (κ1) is 15.6. The third kappa shape index (κ3) is 5.25. The van der Waals surface area contributed by atoms with Gasteiger partial charge in [-0.05, 0) is 31.0 Å². The molecule has 0 spiro atoms. The van der Waals surface area contributed by atoms with E-state index in [1.807, 2.05) is 36.4 Å². The highest BCUT2D eigenvalue weighted by atomic mass is 32.2. The van der Waals surface area contributed by atoms with Crippen LogP contribution in [0.5, 0.6) is 0 Å². The van der Waals surface area contributed by atoms with Crippen LogP contribution in [0.15, 0.2) is 53.4 Å². The smallest absolute Gasteiger partial charge is 0.253 e. The Morgan fingerprint density at radius 2 is 1.90 bits per heavy atom. The molecule has 0 unspecified atom stereocenters. The predicted molar refractivity (Wildman–Crippen MR) is 86.0 cm³/mol. The molecule has 0 atom stereocenters. The molecule has 2 aromatic carbocycles. The van der Waals surface area contributed by atoms with Gasteiger partial charge in [-0.2, -0.15) is 0 Å². The first-order valence-electron chi connectivity index (χ1n) is 6.80. The number of carbonyl (C=O) groups is 1. The Hall–Kier alpha value is -1.78. The molecule has 4 heteroatoms. The Balaban J connectivity index is 1.72. The first-order chi connectivity index (χ1) is 10.1. The van der Waals surface area contributed by atoms with Gasteiger partial charge in [0.15, 0.2) is 0 Å². The van der Waals surface area contributed by atoms with Gasteiger partial charge in [-0.3, -0.25) is 9.63 Å². The summed E-state index contributed by atoms with van der Waals surface area (Å²) >= 11 is 1.52. The van der Waals surface area contributed by atoms with E-state index in [-0.39, 0.29) is 5.91 Å². The van der Waals surface area contributed by atoms with Gasteiger partial charge in [0.05, 0.1) is 12.4 Å². The number of rotatable bonds is 6. The van der Waals surface area contributed by atoms with Gasteiger partial charge in [-0.1, -0.05) is 48.0 Å². The topological polar surface area (TPSA) is 38.3 Å². The summed E-state index contributed by atoms with van der Waals surface area (Å²) < 4.78 is 0. The molecule has 2 aromatic rings. The minimum atomic E-state index is -0.129. The van der Waals surface area contributed by atoms with Crippen molar-refractivity contribution in [3.63, 3.8) is 0 Å². The average Bonchev–Trinajstić information content (AvgIpc) is 2.47. The fourth-order valence-electron chi connectivity index (χ4n) is 1.91. The number of hydrogen-bond donors (Lipinski definition) is 1. The molecule has 0 aliphatic rings. The van der Waals surface area contributed by atoms with Crippen LogP contribution in [-0.4, -0.2) is 11.7 Å². The second-order valence-corrected chi connectivity index (χ2v) is 5.87. The molecule has 110 valence electrons. The van der Waals surface area contributed by atoms with E-state index in [0.29, 0.717) is 12.4 Å². The number of nitrogens with one attached hydrogen (secondary N) is 1. The summed E-state index contributed by atoms with van der Waals surface area (Å²) in [6.07, 6.45) is 0. The molecule has 0 bridgehead atoms. The third-order valence-electron chi connectivity index (χ3n) is 2.96. The average molecular weight is 301 g/mol. The lowest BCUT2D eigenvalue weighted by Gasteiger charge is -2.08. The molecular weight excluding hydrogens is 282 g/mol. The highest BCUT2D eigenvalue weighted by molar-refractivity contribution is 8.00. The lowest BCUT2D eigenvalue weighted by molar-refractivity contribution is -0.131. The van der Waals surface area contributed by atoms with Crippen molar-refractivity contribution in [1.82, 2.24) is 5.48 Å². The molecule has 0 radical (unpaired) electrons. The summed E-state index contributed by atoms with van der Waals surface area (Å²) in [5, 5.41) is 0. The van der Waals surface area contributed by atoms with Crippen LogP contribution in [0.25, 0.3) is 0 Å². The first-order valence-corrected chi connectivity index (χ1v) is 7.78. The second kappa shape index (κ2) is 7.86. The van der Waals surface area contributed by atoms with E-state index < -0.39 is 0 Å². The molecule has 0 aliphatic carbocycles. The highest BCUT2D eigenvalue weighted by Crippen LogP contribution is 2.22. The molecule has 21 heavy (non-hydrogen) atoms. The van der Waals surface area contributed by atoms with Gasteiger partial charge in [0, 0.05) is 4.90 Å². The Morgan fingerprint density at radius 1 is 1.14 bits per heavy atom. The van der Waals surface area contributed by atoms with Crippen LogP contribution in [0.2, 0.25) is 0 Å². The molecule has 0 saturated heterocycles. The summed E-state index contributed by atoms with van der Waals surface area (Å²) in [5.74, 6) is 0.217. The van der Waals surface area contributed by atoms with Crippen molar-refractivity contribution in [3.05, 3.63) is 65.2 Å². The molecule has 2 rings (SSSR count). The standard InChI is InChI=1S/C17H19NO2S/c1-13-8-9-16(14(2)10-13)21-12-17(19)18-20-11-15-6-4-3-5-7-15/h3-10H,11-12H2,1-2H3,(H,18,19). The minimum absolute atomic E-state index is 0.129. The van der Waals surface area contributed by atoms with E-state index in [0.717, 1.165) is 10.5 Å². The van der Waals surface area contributed by atoms with Gasteiger partial charge >= 0.3 is 0 Å². The fourth-order valence-corrected chi connectivity index (χ4v) is 2.70. The number of thioether (sulfide) groups is 1. The van der Waals surface area contributed by atoms with Gasteiger partial charge < -0.3 is 0 Å². The Kier molecular flexibility index (Phi) is 5.84. The summed E-state index contributed by atoms with van der Waals surface area (Å²) in [4.78, 5) is 18.1. The number of amides is 1. The minimum Gasteiger partial charge on any atom is -0.272 e. The highest BCUT2D eigenvalue weighted by Gasteiger charge is 2.05. The SMILES string of the molecule is Cc1ccc(SCC(=O)NOCc2ccccc2)c(C)c1. The van der Waals surface area contributed by atoms with E-state index in [2.05, 4.69) is 31.5 Å². The van der Waals surface area contributed by atoms with Crippen LogP contribution in [-0.2, 0) is 16.2 Å². The summed E-state index contributed by atoms with van der Waals surface area (Å²) in [7, 11) is 0. The second-order valence-electron chi connectivity index (χ2n) is 4.86. The maximum absolute atomic E-state index is 11.7. The number of hydrogen-bond acceptors (Lipinski definition) is 3. The van der Waals surface area contributed by atoms with Crippen molar-refractivity contribution < 1.29 is 9.63 Å². The molecule has 0 fully saturated rings. The maximum atomic E-state index is 11.7. The van der Waals surface area contributed by atoms with Crippen molar-refractivity contribution in [1.29, 1.82) is 0 Å². The van der Waals surface area contributed by atoms with Crippen LogP contribution < -0.4 is 5.48 Å². The molecule has 1 N–H and O–H groups in total. The number of benzene rings is 2. The summed E-state index contributed by atoms with van der Waals surface area (Å²) in [6, 6.07) is 16.0. The quantitative estimate of drug-likeness (QED) is 0.654.